The third-order valence-electron chi connectivity index (χ3n) is 3.11. The van der Waals surface area contributed by atoms with Crippen LogP contribution in [-0.4, -0.2) is 36.5 Å². The molecule has 0 aliphatic carbocycles. The highest BCUT2D eigenvalue weighted by Crippen LogP contribution is 2.16. The van der Waals surface area contributed by atoms with Crippen LogP contribution < -0.4 is 10.6 Å². The van der Waals surface area contributed by atoms with Gasteiger partial charge in [-0.25, -0.2) is 0 Å². The van der Waals surface area contributed by atoms with Gasteiger partial charge in [-0.05, 0) is 42.9 Å². The van der Waals surface area contributed by atoms with Crippen molar-refractivity contribution in [1.29, 1.82) is 0 Å². The zero-order chi connectivity index (χ0) is 13.5. The molecule has 1 aromatic rings. The van der Waals surface area contributed by atoms with Crippen LogP contribution in [0.3, 0.4) is 0 Å². The van der Waals surface area contributed by atoms with Crippen LogP contribution in [-0.2, 0) is 0 Å². The molecule has 1 amide bonds. The van der Waals surface area contributed by atoms with E-state index in [0.29, 0.717) is 23.2 Å². The van der Waals surface area contributed by atoms with Gasteiger partial charge in [0, 0.05) is 35.5 Å². The molecule has 19 heavy (non-hydrogen) atoms. The molecule has 5 heteroatoms. The van der Waals surface area contributed by atoms with Crippen molar-refractivity contribution >= 4 is 29.3 Å². The zero-order valence-corrected chi connectivity index (χ0v) is 12.4. The van der Waals surface area contributed by atoms with Crippen molar-refractivity contribution in [1.82, 2.24) is 10.6 Å². The number of rotatable bonds is 5. The highest BCUT2D eigenvalue weighted by atomic mass is 35.5. The lowest BCUT2D eigenvalue weighted by Gasteiger charge is -2.22. The first-order valence-corrected chi connectivity index (χ1v) is 8.14. The lowest BCUT2D eigenvalue weighted by Crippen LogP contribution is -2.39. The summed E-state index contributed by atoms with van der Waals surface area (Å²) >= 11 is 7.79. The van der Waals surface area contributed by atoms with Crippen LogP contribution in [0.5, 0.6) is 0 Å². The van der Waals surface area contributed by atoms with E-state index in [-0.39, 0.29) is 5.91 Å². The summed E-state index contributed by atoms with van der Waals surface area (Å²) in [5, 5.41) is 7.03. The maximum Gasteiger partial charge on any atom is 0.251 e. The summed E-state index contributed by atoms with van der Waals surface area (Å²) in [6, 6.07) is 7.54. The summed E-state index contributed by atoms with van der Waals surface area (Å²) in [5.41, 5.74) is 0.651. The van der Waals surface area contributed by atoms with E-state index in [1.165, 1.54) is 24.3 Å². The van der Waals surface area contributed by atoms with Gasteiger partial charge in [-0.15, -0.1) is 0 Å². The van der Waals surface area contributed by atoms with Crippen molar-refractivity contribution in [2.24, 2.45) is 0 Å². The van der Waals surface area contributed by atoms with Gasteiger partial charge in [0.25, 0.3) is 5.91 Å². The Hall–Kier alpha value is -0.710. The Bertz CT molecular complexity index is 404. The number of carbonyl (C=O) groups excluding carboxylic acids is 1. The van der Waals surface area contributed by atoms with Gasteiger partial charge in [-0.2, -0.15) is 11.8 Å². The molecule has 2 rings (SSSR count). The average Bonchev–Trinajstić information content (AvgIpc) is 2.45. The Kier molecular flexibility index (Phi) is 6.01. The largest absolute Gasteiger partial charge is 0.351 e. The van der Waals surface area contributed by atoms with Gasteiger partial charge in [0.2, 0.25) is 0 Å². The van der Waals surface area contributed by atoms with Crippen LogP contribution in [0.15, 0.2) is 24.3 Å². The first kappa shape index (κ1) is 14.7. The van der Waals surface area contributed by atoms with Crippen LogP contribution in [0, 0.1) is 0 Å². The minimum Gasteiger partial charge on any atom is -0.351 e. The summed E-state index contributed by atoms with van der Waals surface area (Å²) in [4.78, 5) is 11.8. The fourth-order valence-corrected chi connectivity index (χ4v) is 3.29. The molecule has 2 N–H and O–H groups in total. The molecule has 0 saturated carbocycles. The highest BCUT2D eigenvalue weighted by Gasteiger charge is 2.12. The fraction of sp³-hybridized carbons (Fsp3) is 0.500. The lowest BCUT2D eigenvalue weighted by atomic mass is 10.2. The van der Waals surface area contributed by atoms with Crippen LogP contribution in [0.2, 0.25) is 5.02 Å². The van der Waals surface area contributed by atoms with Crippen LogP contribution >= 0.6 is 23.4 Å². The molecule has 0 aromatic heterocycles. The Labute approximate surface area is 123 Å². The quantitative estimate of drug-likeness (QED) is 0.821. The molecule has 1 saturated heterocycles. The van der Waals surface area contributed by atoms with Crippen molar-refractivity contribution in [2.45, 2.75) is 18.9 Å². The molecule has 1 unspecified atom stereocenters. The van der Waals surface area contributed by atoms with Crippen molar-refractivity contribution in [3.63, 3.8) is 0 Å². The van der Waals surface area contributed by atoms with E-state index in [9.17, 15) is 4.79 Å². The first-order valence-electron chi connectivity index (χ1n) is 6.60. The number of thioether (sulfide) groups is 1. The minimum absolute atomic E-state index is 0.0449. The van der Waals surface area contributed by atoms with E-state index in [2.05, 4.69) is 10.6 Å². The van der Waals surface area contributed by atoms with Crippen molar-refractivity contribution in [2.75, 3.05) is 24.6 Å². The molecule has 1 aromatic carbocycles. The third kappa shape index (κ3) is 5.05. The van der Waals surface area contributed by atoms with Crippen molar-refractivity contribution < 1.29 is 4.79 Å². The number of hydrogen-bond acceptors (Lipinski definition) is 3. The monoisotopic (exact) mass is 298 g/mol. The predicted molar refractivity (Wildman–Crippen MR) is 82.1 cm³/mol. The Morgan fingerprint density at radius 2 is 2.11 bits per heavy atom. The van der Waals surface area contributed by atoms with Gasteiger partial charge >= 0.3 is 0 Å². The Balaban J connectivity index is 1.64. The van der Waals surface area contributed by atoms with Crippen LogP contribution in [0.25, 0.3) is 0 Å². The van der Waals surface area contributed by atoms with E-state index in [1.807, 2.05) is 11.8 Å². The second-order valence-electron chi connectivity index (χ2n) is 4.63. The zero-order valence-electron chi connectivity index (χ0n) is 10.8. The summed E-state index contributed by atoms with van der Waals surface area (Å²) < 4.78 is 0. The average molecular weight is 299 g/mol. The van der Waals surface area contributed by atoms with E-state index >= 15 is 0 Å². The van der Waals surface area contributed by atoms with E-state index in [0.717, 1.165) is 6.54 Å². The molecule has 1 aliphatic rings. The number of benzene rings is 1. The van der Waals surface area contributed by atoms with Crippen LogP contribution in [0.4, 0.5) is 0 Å². The molecule has 1 aliphatic heterocycles. The van der Waals surface area contributed by atoms with Crippen molar-refractivity contribution in [3.05, 3.63) is 34.9 Å². The normalized spacial score (nSPS) is 19.1. The predicted octanol–water partition coefficient (Wildman–Crippen LogP) is 2.56. The highest BCUT2D eigenvalue weighted by molar-refractivity contribution is 7.99. The third-order valence-corrected chi connectivity index (χ3v) is 4.58. The van der Waals surface area contributed by atoms with Gasteiger partial charge < -0.3 is 10.6 Å². The van der Waals surface area contributed by atoms with Gasteiger partial charge in [0.05, 0.1) is 0 Å². The van der Waals surface area contributed by atoms with E-state index in [1.54, 1.807) is 24.3 Å². The summed E-state index contributed by atoms with van der Waals surface area (Å²) in [6.45, 7) is 1.48. The van der Waals surface area contributed by atoms with Gasteiger partial charge in [-0.3, -0.25) is 4.79 Å². The van der Waals surface area contributed by atoms with E-state index in [4.69, 9.17) is 11.6 Å². The summed E-state index contributed by atoms with van der Waals surface area (Å²) in [5.74, 6) is 2.42. The first-order chi connectivity index (χ1) is 9.25. The van der Waals surface area contributed by atoms with Gasteiger partial charge in [-0.1, -0.05) is 11.6 Å². The Morgan fingerprint density at radius 3 is 2.79 bits per heavy atom. The molecular formula is C14H19ClN2OS. The molecule has 0 bridgehead atoms. The number of hydrogen-bond donors (Lipinski definition) is 2. The van der Waals surface area contributed by atoms with Gasteiger partial charge in [0.15, 0.2) is 0 Å². The molecule has 1 atom stereocenters. The SMILES string of the molecule is O=C(NCCNC1CCCSC1)c1ccc(Cl)cc1. The molecule has 1 fully saturated rings. The second-order valence-corrected chi connectivity index (χ2v) is 6.22. The van der Waals surface area contributed by atoms with Crippen LogP contribution in [0.1, 0.15) is 23.2 Å². The molecular weight excluding hydrogens is 280 g/mol. The second kappa shape index (κ2) is 7.78. The number of carbonyl (C=O) groups is 1. The fourth-order valence-electron chi connectivity index (χ4n) is 2.06. The maximum absolute atomic E-state index is 11.8. The van der Waals surface area contributed by atoms with Crippen molar-refractivity contribution in [3.8, 4) is 0 Å². The maximum atomic E-state index is 11.8. The summed E-state index contributed by atoms with van der Waals surface area (Å²) in [6.07, 6.45) is 2.54. The number of nitrogens with one attached hydrogen (secondary N) is 2. The lowest BCUT2D eigenvalue weighted by molar-refractivity contribution is 0.0953. The minimum atomic E-state index is -0.0449. The molecule has 3 nitrogen and oxygen atoms in total. The number of amides is 1. The molecule has 0 radical (unpaired) electrons. The molecule has 104 valence electrons. The van der Waals surface area contributed by atoms with E-state index < -0.39 is 0 Å². The molecule has 0 spiro atoms. The molecule has 1 heterocycles. The Morgan fingerprint density at radius 1 is 1.32 bits per heavy atom. The smallest absolute Gasteiger partial charge is 0.251 e. The van der Waals surface area contributed by atoms with Gasteiger partial charge in [0.1, 0.15) is 0 Å². The number of halogens is 1. The standard InChI is InChI=1S/C14H19ClN2OS/c15-12-5-3-11(4-6-12)14(18)17-8-7-16-13-2-1-9-19-10-13/h3-6,13,16H,1-2,7-10H2,(H,17,18). The topological polar surface area (TPSA) is 41.1 Å². The summed E-state index contributed by atoms with van der Waals surface area (Å²) in [7, 11) is 0.